The highest BCUT2D eigenvalue weighted by atomic mass is 15.3. The van der Waals surface area contributed by atoms with E-state index in [1.54, 1.807) is 0 Å². The van der Waals surface area contributed by atoms with Crippen LogP contribution in [0.15, 0.2) is 0 Å². The Kier molecular flexibility index (Phi) is 5.30. The molecule has 2 saturated carbocycles. The van der Waals surface area contributed by atoms with Crippen LogP contribution in [0.5, 0.6) is 0 Å². The van der Waals surface area contributed by atoms with Crippen LogP contribution >= 0.6 is 0 Å². The molecule has 2 fully saturated rings. The summed E-state index contributed by atoms with van der Waals surface area (Å²) in [6, 6.07) is 0.855. The zero-order valence-corrected chi connectivity index (χ0v) is 13.3. The Balaban J connectivity index is 2.00. The van der Waals surface area contributed by atoms with Crippen LogP contribution in [0, 0.1) is 11.8 Å². The van der Waals surface area contributed by atoms with Gasteiger partial charge in [-0.05, 0) is 50.4 Å². The van der Waals surface area contributed by atoms with Gasteiger partial charge in [-0.25, -0.2) is 0 Å². The van der Waals surface area contributed by atoms with Gasteiger partial charge >= 0.3 is 0 Å². The van der Waals surface area contributed by atoms with Gasteiger partial charge in [-0.3, -0.25) is 4.90 Å². The van der Waals surface area contributed by atoms with Crippen molar-refractivity contribution in [3.63, 3.8) is 0 Å². The minimum atomic E-state index is 0.343. The first-order chi connectivity index (χ1) is 9.11. The van der Waals surface area contributed by atoms with E-state index in [4.69, 9.17) is 5.73 Å². The van der Waals surface area contributed by atoms with Crippen molar-refractivity contribution in [3.8, 4) is 0 Å². The van der Waals surface area contributed by atoms with Gasteiger partial charge in [0.25, 0.3) is 0 Å². The van der Waals surface area contributed by atoms with Crippen molar-refractivity contribution in [1.29, 1.82) is 0 Å². The maximum atomic E-state index is 6.26. The molecule has 2 rings (SSSR count). The molecule has 0 unspecified atom stereocenters. The van der Waals surface area contributed by atoms with Crippen LogP contribution in [-0.2, 0) is 0 Å². The molecule has 2 heteroatoms. The van der Waals surface area contributed by atoms with Crippen LogP contribution in [0.25, 0.3) is 0 Å². The van der Waals surface area contributed by atoms with Gasteiger partial charge in [-0.1, -0.05) is 33.6 Å². The zero-order chi connectivity index (χ0) is 13.9. The Hall–Kier alpha value is -0.0800. The Morgan fingerprint density at radius 3 is 2.21 bits per heavy atom. The van der Waals surface area contributed by atoms with Crippen molar-refractivity contribution < 1.29 is 0 Å². The van der Waals surface area contributed by atoms with Crippen LogP contribution < -0.4 is 5.73 Å². The molecule has 0 aliphatic heterocycles. The second-order valence-electron chi connectivity index (χ2n) is 7.44. The minimum Gasteiger partial charge on any atom is -0.329 e. The lowest BCUT2D eigenvalue weighted by Gasteiger charge is -2.49. The molecule has 19 heavy (non-hydrogen) atoms. The number of rotatable bonds is 7. The minimum absolute atomic E-state index is 0.343. The van der Waals surface area contributed by atoms with Gasteiger partial charge in [0.1, 0.15) is 0 Å². The Bertz CT molecular complexity index is 262. The van der Waals surface area contributed by atoms with E-state index in [1.165, 1.54) is 57.9 Å². The SMILES string of the molecule is CCCC1CCC(CN)(N(CC(C)C)C2CC2)CC1. The third kappa shape index (κ3) is 3.72. The molecule has 0 aromatic rings. The van der Waals surface area contributed by atoms with E-state index in [2.05, 4.69) is 25.7 Å². The highest BCUT2D eigenvalue weighted by Crippen LogP contribution is 2.43. The van der Waals surface area contributed by atoms with E-state index < -0.39 is 0 Å². The molecule has 0 bridgehead atoms. The van der Waals surface area contributed by atoms with Gasteiger partial charge in [0.05, 0.1) is 0 Å². The lowest BCUT2D eigenvalue weighted by molar-refractivity contribution is 0.0247. The van der Waals surface area contributed by atoms with Crippen molar-refractivity contribution in [1.82, 2.24) is 4.90 Å². The van der Waals surface area contributed by atoms with Crippen molar-refractivity contribution >= 4 is 0 Å². The molecule has 0 atom stereocenters. The lowest BCUT2D eigenvalue weighted by Crippen LogP contribution is -2.57. The smallest absolute Gasteiger partial charge is 0.0334 e. The number of hydrogen-bond donors (Lipinski definition) is 1. The molecule has 0 heterocycles. The van der Waals surface area contributed by atoms with Crippen LogP contribution in [0.4, 0.5) is 0 Å². The molecule has 0 amide bonds. The summed E-state index contributed by atoms with van der Waals surface area (Å²) in [5.41, 5.74) is 6.60. The van der Waals surface area contributed by atoms with Gasteiger partial charge < -0.3 is 5.73 Å². The van der Waals surface area contributed by atoms with E-state index in [-0.39, 0.29) is 0 Å². The van der Waals surface area contributed by atoms with Crippen molar-refractivity contribution in [3.05, 3.63) is 0 Å². The Labute approximate surface area is 120 Å². The topological polar surface area (TPSA) is 29.3 Å². The monoisotopic (exact) mass is 266 g/mol. The van der Waals surface area contributed by atoms with Gasteiger partial charge in [0, 0.05) is 24.7 Å². The van der Waals surface area contributed by atoms with E-state index in [0.717, 1.165) is 24.4 Å². The highest BCUT2D eigenvalue weighted by Gasteiger charge is 2.45. The van der Waals surface area contributed by atoms with Gasteiger partial charge in [-0.15, -0.1) is 0 Å². The summed E-state index contributed by atoms with van der Waals surface area (Å²) in [6.07, 6.45) is 11.1. The van der Waals surface area contributed by atoms with Crippen LogP contribution in [-0.4, -0.2) is 29.6 Å². The summed E-state index contributed by atoms with van der Waals surface area (Å²) >= 11 is 0. The quantitative estimate of drug-likeness (QED) is 0.759. The fraction of sp³-hybridized carbons (Fsp3) is 1.00. The van der Waals surface area contributed by atoms with Gasteiger partial charge in [-0.2, -0.15) is 0 Å². The fourth-order valence-electron chi connectivity index (χ4n) is 4.03. The summed E-state index contributed by atoms with van der Waals surface area (Å²) in [5.74, 6) is 1.74. The molecule has 2 aliphatic rings. The standard InChI is InChI=1S/C17H34N2/c1-4-5-15-8-10-17(13-18,11-9-15)19(12-14(2)3)16-6-7-16/h14-16H,4-13,18H2,1-3H3. The summed E-state index contributed by atoms with van der Waals surface area (Å²) in [5, 5.41) is 0. The third-order valence-electron chi connectivity index (χ3n) is 5.27. The molecule has 0 saturated heterocycles. The van der Waals surface area contributed by atoms with Crippen LogP contribution in [0.1, 0.15) is 72.1 Å². The van der Waals surface area contributed by atoms with Gasteiger partial charge in [0.2, 0.25) is 0 Å². The first-order valence-electron chi connectivity index (χ1n) is 8.58. The first-order valence-corrected chi connectivity index (χ1v) is 8.58. The molecular weight excluding hydrogens is 232 g/mol. The maximum absolute atomic E-state index is 6.26. The summed E-state index contributed by atoms with van der Waals surface area (Å²) in [7, 11) is 0. The van der Waals surface area contributed by atoms with E-state index in [1.807, 2.05) is 0 Å². The zero-order valence-electron chi connectivity index (χ0n) is 13.3. The normalized spacial score (nSPS) is 32.2. The average Bonchev–Trinajstić information content (AvgIpc) is 3.22. The van der Waals surface area contributed by atoms with Crippen molar-refractivity contribution in [2.24, 2.45) is 17.6 Å². The molecule has 0 radical (unpaired) electrons. The summed E-state index contributed by atoms with van der Waals surface area (Å²) in [6.45, 7) is 9.14. The Morgan fingerprint density at radius 1 is 1.16 bits per heavy atom. The lowest BCUT2D eigenvalue weighted by atomic mass is 9.73. The molecular formula is C17H34N2. The molecule has 2 nitrogen and oxygen atoms in total. The third-order valence-corrected chi connectivity index (χ3v) is 5.27. The van der Waals surface area contributed by atoms with Crippen LogP contribution in [0.2, 0.25) is 0 Å². The molecule has 0 aromatic heterocycles. The first kappa shape index (κ1) is 15.3. The van der Waals surface area contributed by atoms with Crippen molar-refractivity contribution in [2.75, 3.05) is 13.1 Å². The predicted molar refractivity (Wildman–Crippen MR) is 83.2 cm³/mol. The number of nitrogens with two attached hydrogens (primary N) is 1. The molecule has 2 N–H and O–H groups in total. The summed E-state index contributed by atoms with van der Waals surface area (Å²) in [4.78, 5) is 2.82. The molecule has 112 valence electrons. The molecule has 0 spiro atoms. The van der Waals surface area contributed by atoms with E-state index >= 15 is 0 Å². The fourth-order valence-corrected chi connectivity index (χ4v) is 4.03. The largest absolute Gasteiger partial charge is 0.329 e. The molecule has 0 aromatic carbocycles. The Morgan fingerprint density at radius 2 is 1.79 bits per heavy atom. The van der Waals surface area contributed by atoms with E-state index in [9.17, 15) is 0 Å². The second-order valence-corrected chi connectivity index (χ2v) is 7.44. The molecule has 2 aliphatic carbocycles. The van der Waals surface area contributed by atoms with Crippen molar-refractivity contribution in [2.45, 2.75) is 83.7 Å². The van der Waals surface area contributed by atoms with Gasteiger partial charge in [0.15, 0.2) is 0 Å². The predicted octanol–water partition coefficient (Wildman–Crippen LogP) is 3.79. The number of nitrogens with zero attached hydrogens (tertiary/aromatic N) is 1. The van der Waals surface area contributed by atoms with Crippen LogP contribution in [0.3, 0.4) is 0 Å². The van der Waals surface area contributed by atoms with E-state index in [0.29, 0.717) is 5.54 Å². The second kappa shape index (κ2) is 6.58. The number of hydrogen-bond acceptors (Lipinski definition) is 2. The summed E-state index contributed by atoms with van der Waals surface area (Å²) < 4.78 is 0. The average molecular weight is 266 g/mol. The highest BCUT2D eigenvalue weighted by molar-refractivity contribution is 5.01. The maximum Gasteiger partial charge on any atom is 0.0334 e.